The number of allylic oxidation sites excluding steroid dienone is 4. The first kappa shape index (κ1) is 50.4. The van der Waals surface area contributed by atoms with Crippen LogP contribution in [0, 0.1) is 5.41 Å². The fourth-order valence-corrected chi connectivity index (χ4v) is 8.71. The van der Waals surface area contributed by atoms with Gasteiger partial charge in [-0.2, -0.15) is 4.31 Å². The molecule has 7 atom stereocenters. The summed E-state index contributed by atoms with van der Waals surface area (Å²) in [6.45, 7) is 2.46. The van der Waals surface area contributed by atoms with Gasteiger partial charge in [0.1, 0.15) is 36.3 Å². The molecule has 2 aromatic heterocycles. The number of phosphoric acid groups is 3. The predicted octanol–water partition coefficient (Wildman–Crippen LogP) is 1.36. The third-order valence-electron chi connectivity index (χ3n) is 8.19. The largest absolute Gasteiger partial charge is 0.481 e. The van der Waals surface area contributed by atoms with Crippen LogP contribution in [0.15, 0.2) is 37.0 Å². The lowest BCUT2D eigenvalue weighted by Crippen LogP contribution is -2.46. The molecule has 3 rings (SSSR count). The molecule has 1 aliphatic heterocycles. The van der Waals surface area contributed by atoms with Gasteiger partial charge in [-0.05, 0) is 26.2 Å². The van der Waals surface area contributed by atoms with Crippen LogP contribution in [0.2, 0.25) is 0 Å². The van der Waals surface area contributed by atoms with Gasteiger partial charge in [-0.25, -0.2) is 28.6 Å². The first-order valence-electron chi connectivity index (χ1n) is 17.9. The van der Waals surface area contributed by atoms with Crippen LogP contribution >= 0.6 is 35.2 Å². The standard InChI is InChI=1S/C31H50N7O17P3S/c1-4-5-6-7-8-9-10-11-22(40)59-15-14-33-21(39)12-13-34-29(43)26(42)31(2,3)17-52-58(49,50)55-57(47,48)51-16-20-25(54-56(44,45)46)24(41)30(53-20)38-19-37-23-27(32)35-18-36-28(23)38/h4-5,7-8,18-20,24-26,30,41-42H,6,9-17H2,1-3H3,(H,33,39)(H,34,43)(H,47,48)(H,49,50)(H2,32,35,36)(H2,44,45,46)/b5-4+,8-7+. The van der Waals surface area contributed by atoms with Crippen molar-refractivity contribution in [2.45, 2.75) is 83.5 Å². The number of phosphoric ester groups is 3. The van der Waals surface area contributed by atoms with Gasteiger partial charge in [-0.1, -0.05) is 49.9 Å². The number of nitrogens with two attached hydrogens (primary N) is 1. The molecule has 0 spiro atoms. The molecule has 0 bridgehead atoms. The van der Waals surface area contributed by atoms with Crippen LogP contribution in [0.4, 0.5) is 5.82 Å². The van der Waals surface area contributed by atoms with Crippen LogP contribution in [0.3, 0.4) is 0 Å². The van der Waals surface area contributed by atoms with E-state index in [0.29, 0.717) is 12.2 Å². The smallest absolute Gasteiger partial charge is 0.386 e. The van der Waals surface area contributed by atoms with Crippen LogP contribution < -0.4 is 16.4 Å². The average Bonchev–Trinajstić information content (AvgIpc) is 3.71. The molecule has 1 aliphatic rings. The fourth-order valence-electron chi connectivity index (χ4n) is 5.16. The number of fused-ring (bicyclic) bond motifs is 1. The number of unbranched alkanes of at least 4 members (excludes halogenated alkanes) is 1. The maximum atomic E-state index is 12.7. The van der Waals surface area contributed by atoms with Gasteiger partial charge >= 0.3 is 23.5 Å². The van der Waals surface area contributed by atoms with Crippen molar-refractivity contribution in [1.29, 1.82) is 0 Å². The highest BCUT2D eigenvalue weighted by atomic mass is 32.2. The van der Waals surface area contributed by atoms with E-state index in [1.54, 1.807) is 0 Å². The summed E-state index contributed by atoms with van der Waals surface area (Å²) in [5, 5.41) is 26.5. The number of nitrogen functional groups attached to an aromatic ring is 1. The summed E-state index contributed by atoms with van der Waals surface area (Å²) in [5.74, 6) is -1.08. The number of carbonyl (C=O) groups is 3. The topological polar surface area (TPSA) is 364 Å². The highest BCUT2D eigenvalue weighted by Gasteiger charge is 2.50. The highest BCUT2D eigenvalue weighted by Crippen LogP contribution is 2.61. The summed E-state index contributed by atoms with van der Waals surface area (Å²) in [6, 6.07) is 0. The summed E-state index contributed by atoms with van der Waals surface area (Å²) in [5.41, 5.74) is 4.27. The highest BCUT2D eigenvalue weighted by molar-refractivity contribution is 8.13. The summed E-state index contributed by atoms with van der Waals surface area (Å²) < 4.78 is 62.2. The quantitative estimate of drug-likeness (QED) is 0.0385. The van der Waals surface area contributed by atoms with E-state index in [0.717, 1.165) is 48.2 Å². The van der Waals surface area contributed by atoms with Crippen molar-refractivity contribution in [3.05, 3.63) is 37.0 Å². The molecule has 1 fully saturated rings. The summed E-state index contributed by atoms with van der Waals surface area (Å²) in [7, 11) is -16.4. The Morgan fingerprint density at radius 2 is 1.75 bits per heavy atom. The number of ether oxygens (including phenoxy) is 1. The number of rotatable bonds is 25. The van der Waals surface area contributed by atoms with E-state index >= 15 is 0 Å². The minimum Gasteiger partial charge on any atom is -0.386 e. The van der Waals surface area contributed by atoms with Crippen molar-refractivity contribution in [2.24, 2.45) is 5.41 Å². The third-order valence-corrected chi connectivity index (χ3v) is 12.2. The van der Waals surface area contributed by atoms with Crippen LogP contribution in [-0.2, 0) is 50.7 Å². The van der Waals surface area contributed by atoms with E-state index < -0.39 is 84.6 Å². The maximum absolute atomic E-state index is 12.7. The van der Waals surface area contributed by atoms with Gasteiger partial charge in [0.25, 0.3) is 0 Å². The summed E-state index contributed by atoms with van der Waals surface area (Å²) in [6.07, 6.45) is 3.92. The van der Waals surface area contributed by atoms with Gasteiger partial charge in [-0.3, -0.25) is 32.5 Å². The third kappa shape index (κ3) is 16.8. The first-order valence-corrected chi connectivity index (χ1v) is 23.4. The van der Waals surface area contributed by atoms with Crippen molar-refractivity contribution in [2.75, 3.05) is 37.8 Å². The van der Waals surface area contributed by atoms with Crippen molar-refractivity contribution in [1.82, 2.24) is 30.2 Å². The maximum Gasteiger partial charge on any atom is 0.481 e. The lowest BCUT2D eigenvalue weighted by Gasteiger charge is -2.30. The molecule has 0 saturated carbocycles. The van der Waals surface area contributed by atoms with Gasteiger partial charge < -0.3 is 50.9 Å². The molecule has 0 radical (unpaired) electrons. The molecule has 3 heterocycles. The molecule has 7 unspecified atom stereocenters. The molecule has 24 nitrogen and oxygen atoms in total. The van der Waals surface area contributed by atoms with Gasteiger partial charge in [0.2, 0.25) is 11.8 Å². The van der Waals surface area contributed by atoms with Crippen LogP contribution in [0.25, 0.3) is 11.2 Å². The zero-order valence-corrected chi connectivity index (χ0v) is 35.7. The number of aliphatic hydroxyl groups is 2. The van der Waals surface area contributed by atoms with Crippen LogP contribution in [0.1, 0.15) is 59.1 Å². The molecule has 332 valence electrons. The Hall–Kier alpha value is -2.96. The van der Waals surface area contributed by atoms with Gasteiger partial charge in [0.15, 0.2) is 22.8 Å². The molecule has 59 heavy (non-hydrogen) atoms. The van der Waals surface area contributed by atoms with Crippen molar-refractivity contribution in [3.63, 3.8) is 0 Å². The Labute approximate surface area is 342 Å². The molecule has 10 N–H and O–H groups in total. The SMILES string of the molecule is C/C=C/C/C=C/CCCC(=O)SCCNC(=O)CCNC(=O)C(O)C(C)(C)COP(=O)(O)OP(=O)(O)OCC1OC(n2cnc3c(N)ncnc32)C(O)C1OP(=O)(O)O. The van der Waals surface area contributed by atoms with Crippen molar-refractivity contribution < 1.29 is 80.5 Å². The lowest BCUT2D eigenvalue weighted by atomic mass is 9.87. The number of nitrogens with one attached hydrogen (secondary N) is 2. The molecular formula is C31H50N7O17P3S. The van der Waals surface area contributed by atoms with Crippen molar-refractivity contribution >= 4 is 69.1 Å². The van der Waals surface area contributed by atoms with Crippen molar-refractivity contribution in [3.8, 4) is 0 Å². The molecule has 0 aliphatic carbocycles. The summed E-state index contributed by atoms with van der Waals surface area (Å²) in [4.78, 5) is 87.8. The predicted molar refractivity (Wildman–Crippen MR) is 210 cm³/mol. The van der Waals surface area contributed by atoms with Crippen LogP contribution in [-0.4, -0.2) is 123 Å². The minimum atomic E-state index is -5.57. The Kier molecular flexibility index (Phi) is 19.4. The number of imidazole rings is 1. The molecule has 2 aromatic rings. The zero-order chi connectivity index (χ0) is 44.0. The second kappa shape index (κ2) is 22.8. The number of amides is 2. The zero-order valence-electron chi connectivity index (χ0n) is 32.2. The molecule has 0 aromatic carbocycles. The average molecular weight is 918 g/mol. The Bertz CT molecular complexity index is 1950. The van der Waals surface area contributed by atoms with Gasteiger partial charge in [0.05, 0.1) is 19.5 Å². The second-order valence-corrected chi connectivity index (χ2v) is 18.8. The normalized spacial score (nSPS) is 21.4. The molecular weight excluding hydrogens is 867 g/mol. The number of hydrogen-bond acceptors (Lipinski definition) is 18. The van der Waals surface area contributed by atoms with E-state index in [1.807, 2.05) is 31.2 Å². The number of anilines is 1. The monoisotopic (exact) mass is 917 g/mol. The molecule has 2 amide bonds. The fraction of sp³-hybridized carbons (Fsp3) is 0.613. The Morgan fingerprint density at radius 3 is 2.44 bits per heavy atom. The number of aromatic nitrogens is 4. The number of thioether (sulfide) groups is 1. The number of hydrogen-bond donors (Lipinski definition) is 9. The van der Waals surface area contributed by atoms with Gasteiger partial charge in [-0.15, -0.1) is 0 Å². The van der Waals surface area contributed by atoms with E-state index in [1.165, 1.54) is 13.8 Å². The minimum absolute atomic E-state index is 0.0121. The molecule has 28 heteroatoms. The van der Waals surface area contributed by atoms with Crippen LogP contribution in [0.5, 0.6) is 0 Å². The molecule has 1 saturated heterocycles. The Morgan fingerprint density at radius 1 is 1.03 bits per heavy atom. The first-order chi connectivity index (χ1) is 27.6. The number of carbonyl (C=O) groups excluding carboxylic acids is 3. The van der Waals surface area contributed by atoms with E-state index in [2.05, 4.69) is 34.4 Å². The van der Waals surface area contributed by atoms with Gasteiger partial charge in [0, 0.05) is 37.1 Å². The van der Waals surface area contributed by atoms with E-state index in [4.69, 9.17) is 19.5 Å². The van der Waals surface area contributed by atoms with E-state index in [-0.39, 0.29) is 41.6 Å². The number of aliphatic hydroxyl groups excluding tert-OH is 2. The number of nitrogens with zero attached hydrogens (tertiary/aromatic N) is 4. The Balaban J connectivity index is 1.43. The summed E-state index contributed by atoms with van der Waals surface area (Å²) >= 11 is 1.11. The second-order valence-electron chi connectivity index (χ2n) is 13.5. The van der Waals surface area contributed by atoms with E-state index in [9.17, 15) is 57.9 Å². The lowest BCUT2D eigenvalue weighted by molar-refractivity contribution is -0.137.